The molecule has 2 rings (SSSR count). The van der Waals surface area contributed by atoms with E-state index in [4.69, 9.17) is 0 Å². The van der Waals surface area contributed by atoms with Gasteiger partial charge < -0.3 is 5.32 Å². The second-order valence-corrected chi connectivity index (χ2v) is 5.41. The zero-order valence-electron chi connectivity index (χ0n) is 11.8. The molecule has 19 heavy (non-hydrogen) atoms. The van der Waals surface area contributed by atoms with Crippen LogP contribution < -0.4 is 5.32 Å². The Morgan fingerprint density at radius 1 is 1.05 bits per heavy atom. The lowest BCUT2D eigenvalue weighted by atomic mass is 9.97. The van der Waals surface area contributed by atoms with Crippen molar-refractivity contribution in [1.29, 1.82) is 0 Å². The highest BCUT2D eigenvalue weighted by molar-refractivity contribution is 7.98. The van der Waals surface area contributed by atoms with E-state index in [9.17, 15) is 0 Å². The van der Waals surface area contributed by atoms with Crippen LogP contribution in [0.15, 0.2) is 53.4 Å². The van der Waals surface area contributed by atoms with Gasteiger partial charge in [-0.25, -0.2) is 0 Å². The zero-order chi connectivity index (χ0) is 13.7. The third kappa shape index (κ3) is 3.20. The highest BCUT2D eigenvalue weighted by atomic mass is 32.2. The third-order valence-corrected chi connectivity index (χ3v) is 4.27. The lowest BCUT2D eigenvalue weighted by molar-refractivity contribution is 0.680. The number of hydrogen-bond acceptors (Lipinski definition) is 2. The summed E-state index contributed by atoms with van der Waals surface area (Å²) in [5.41, 5.74) is 4.06. The van der Waals surface area contributed by atoms with E-state index in [1.54, 1.807) is 11.8 Å². The normalized spacial score (nSPS) is 12.4. The molecule has 1 atom stereocenters. The Balaban J connectivity index is 2.37. The quantitative estimate of drug-likeness (QED) is 0.815. The minimum atomic E-state index is 0.259. The highest BCUT2D eigenvalue weighted by Gasteiger charge is 2.14. The summed E-state index contributed by atoms with van der Waals surface area (Å²) in [6, 6.07) is 17.8. The lowest BCUT2D eigenvalue weighted by Crippen LogP contribution is -2.18. The molecule has 0 amide bonds. The van der Waals surface area contributed by atoms with Gasteiger partial charge in [0.25, 0.3) is 0 Å². The molecule has 0 aliphatic carbocycles. The number of rotatable bonds is 5. The first kappa shape index (κ1) is 14.2. The van der Waals surface area contributed by atoms with Crippen molar-refractivity contribution in [3.63, 3.8) is 0 Å². The van der Waals surface area contributed by atoms with Crippen LogP contribution in [0.25, 0.3) is 0 Å². The van der Waals surface area contributed by atoms with Gasteiger partial charge in [0.1, 0.15) is 0 Å². The van der Waals surface area contributed by atoms with Gasteiger partial charge in [0.05, 0.1) is 6.04 Å². The number of benzene rings is 2. The number of thioether (sulfide) groups is 1. The molecular weight excluding hydrogens is 250 g/mol. The van der Waals surface area contributed by atoms with Crippen molar-refractivity contribution in [2.45, 2.75) is 24.3 Å². The molecule has 0 saturated heterocycles. The fraction of sp³-hybridized carbons (Fsp3) is 0.294. The van der Waals surface area contributed by atoms with Crippen LogP contribution in [0.1, 0.15) is 29.7 Å². The predicted octanol–water partition coefficient (Wildman–Crippen LogP) is 4.28. The Hall–Kier alpha value is -1.25. The average Bonchev–Trinajstić information content (AvgIpc) is 2.49. The highest BCUT2D eigenvalue weighted by Crippen LogP contribution is 2.30. The summed E-state index contributed by atoms with van der Waals surface area (Å²) in [5, 5.41) is 3.43. The van der Waals surface area contributed by atoms with Crippen LogP contribution in [0.4, 0.5) is 0 Å². The van der Waals surface area contributed by atoms with Gasteiger partial charge in [0.2, 0.25) is 0 Å². The van der Waals surface area contributed by atoms with Crippen molar-refractivity contribution in [3.05, 3.63) is 65.2 Å². The maximum Gasteiger partial charge on any atom is 0.0585 e. The molecule has 0 aliphatic heterocycles. The molecule has 0 heterocycles. The Kier molecular flexibility index (Phi) is 5.06. The second-order valence-electron chi connectivity index (χ2n) is 4.56. The summed E-state index contributed by atoms with van der Waals surface area (Å²) >= 11 is 1.80. The molecule has 1 N–H and O–H groups in total. The molecule has 2 heteroatoms. The van der Waals surface area contributed by atoms with Crippen LogP contribution in [0.2, 0.25) is 0 Å². The largest absolute Gasteiger partial charge is 0.309 e. The van der Waals surface area contributed by atoms with Crippen LogP contribution in [0.3, 0.4) is 0 Å². The topological polar surface area (TPSA) is 12.0 Å². The van der Waals surface area contributed by atoms with Crippen LogP contribution in [-0.4, -0.2) is 13.3 Å². The Labute approximate surface area is 120 Å². The first-order valence-electron chi connectivity index (χ1n) is 6.69. The summed E-state index contributed by atoms with van der Waals surface area (Å²) in [4.78, 5) is 1.33. The van der Waals surface area contributed by atoms with Crippen molar-refractivity contribution in [3.8, 4) is 0 Å². The predicted molar refractivity (Wildman–Crippen MR) is 84.9 cm³/mol. The molecule has 0 saturated carbocycles. The van der Waals surface area contributed by atoms with Gasteiger partial charge in [-0.3, -0.25) is 0 Å². The number of aryl methyl sites for hydroxylation is 1. The molecule has 0 fully saturated rings. The Morgan fingerprint density at radius 2 is 1.74 bits per heavy atom. The monoisotopic (exact) mass is 271 g/mol. The van der Waals surface area contributed by atoms with Gasteiger partial charge in [-0.2, -0.15) is 0 Å². The van der Waals surface area contributed by atoms with E-state index in [2.05, 4.69) is 67.0 Å². The maximum atomic E-state index is 3.43. The van der Waals surface area contributed by atoms with Crippen molar-refractivity contribution in [2.24, 2.45) is 0 Å². The van der Waals surface area contributed by atoms with E-state index in [-0.39, 0.29) is 6.04 Å². The first-order valence-corrected chi connectivity index (χ1v) is 7.91. The molecular formula is C17H21NS. The van der Waals surface area contributed by atoms with Crippen molar-refractivity contribution < 1.29 is 0 Å². The SMILES string of the molecule is CCc1ccc(C(NC)c2ccccc2SC)cc1. The van der Waals surface area contributed by atoms with Crippen LogP contribution in [0.5, 0.6) is 0 Å². The number of nitrogens with one attached hydrogen (secondary N) is 1. The van der Waals surface area contributed by atoms with Gasteiger partial charge in [0, 0.05) is 4.90 Å². The third-order valence-electron chi connectivity index (χ3n) is 3.46. The molecule has 100 valence electrons. The summed E-state index contributed by atoms with van der Waals surface area (Å²) in [6.07, 6.45) is 3.22. The molecule has 0 bridgehead atoms. The fourth-order valence-electron chi connectivity index (χ4n) is 2.35. The first-order chi connectivity index (χ1) is 9.30. The smallest absolute Gasteiger partial charge is 0.0585 e. The molecule has 1 unspecified atom stereocenters. The minimum Gasteiger partial charge on any atom is -0.309 e. The zero-order valence-corrected chi connectivity index (χ0v) is 12.6. The van der Waals surface area contributed by atoms with E-state index in [1.165, 1.54) is 21.6 Å². The molecule has 0 spiro atoms. The molecule has 0 radical (unpaired) electrons. The summed E-state index contributed by atoms with van der Waals surface area (Å²) in [7, 11) is 2.02. The van der Waals surface area contributed by atoms with Crippen molar-refractivity contribution in [2.75, 3.05) is 13.3 Å². The molecule has 2 aromatic rings. The molecule has 2 aromatic carbocycles. The minimum absolute atomic E-state index is 0.259. The standard InChI is InChI=1S/C17H21NS/c1-4-13-9-11-14(12-10-13)17(18-2)15-7-5-6-8-16(15)19-3/h5-12,17-18H,4H2,1-3H3. The summed E-state index contributed by atoms with van der Waals surface area (Å²) in [5.74, 6) is 0. The van der Waals surface area contributed by atoms with Crippen molar-refractivity contribution in [1.82, 2.24) is 5.32 Å². The average molecular weight is 271 g/mol. The van der Waals surface area contributed by atoms with Gasteiger partial charge >= 0.3 is 0 Å². The second kappa shape index (κ2) is 6.78. The molecule has 0 aliphatic rings. The van der Waals surface area contributed by atoms with Gasteiger partial charge in [0.15, 0.2) is 0 Å². The number of hydrogen-bond donors (Lipinski definition) is 1. The van der Waals surface area contributed by atoms with Crippen LogP contribution in [-0.2, 0) is 6.42 Å². The Morgan fingerprint density at radius 3 is 2.32 bits per heavy atom. The van der Waals surface area contributed by atoms with E-state index in [0.29, 0.717) is 0 Å². The van der Waals surface area contributed by atoms with Crippen LogP contribution >= 0.6 is 11.8 Å². The molecule has 1 nitrogen and oxygen atoms in total. The van der Waals surface area contributed by atoms with Gasteiger partial charge in [-0.1, -0.05) is 49.4 Å². The summed E-state index contributed by atoms with van der Waals surface area (Å²) in [6.45, 7) is 2.19. The van der Waals surface area contributed by atoms with E-state index in [1.807, 2.05) is 7.05 Å². The van der Waals surface area contributed by atoms with Gasteiger partial charge in [-0.05, 0) is 42.5 Å². The molecule has 0 aromatic heterocycles. The maximum absolute atomic E-state index is 3.43. The van der Waals surface area contributed by atoms with Crippen molar-refractivity contribution >= 4 is 11.8 Å². The lowest BCUT2D eigenvalue weighted by Gasteiger charge is -2.20. The summed E-state index contributed by atoms with van der Waals surface area (Å²) < 4.78 is 0. The van der Waals surface area contributed by atoms with Crippen LogP contribution in [0, 0.1) is 0 Å². The van der Waals surface area contributed by atoms with E-state index in [0.717, 1.165) is 6.42 Å². The Bertz CT molecular complexity index is 519. The van der Waals surface area contributed by atoms with E-state index < -0.39 is 0 Å². The fourth-order valence-corrected chi connectivity index (χ4v) is 2.99. The van der Waals surface area contributed by atoms with E-state index >= 15 is 0 Å². The van der Waals surface area contributed by atoms with Gasteiger partial charge in [-0.15, -0.1) is 11.8 Å².